The number of nitrogens with one attached hydrogen (secondary N) is 1. The summed E-state index contributed by atoms with van der Waals surface area (Å²) >= 11 is 1.20. The number of non-ortho nitro benzene ring substituents is 1. The number of nitro benzene ring substituents is 1. The minimum atomic E-state index is -1.37. The third-order valence-corrected chi connectivity index (χ3v) is 4.64. The van der Waals surface area contributed by atoms with E-state index in [1.807, 2.05) is 0 Å². The highest BCUT2D eigenvalue weighted by Gasteiger charge is 2.44. The van der Waals surface area contributed by atoms with Crippen LogP contribution >= 0.6 is 11.8 Å². The Balaban J connectivity index is 1.99. The van der Waals surface area contributed by atoms with E-state index >= 15 is 0 Å². The van der Waals surface area contributed by atoms with Crippen molar-refractivity contribution in [1.82, 2.24) is 5.32 Å². The summed E-state index contributed by atoms with van der Waals surface area (Å²) in [7, 11) is 0. The van der Waals surface area contributed by atoms with E-state index in [4.69, 9.17) is 4.74 Å². The van der Waals surface area contributed by atoms with Gasteiger partial charge in [-0.25, -0.2) is 4.79 Å². The molecule has 9 heteroatoms. The minimum Gasteiger partial charge on any atom is -0.479 e. The predicted octanol–water partition coefficient (Wildman–Crippen LogP) is 1.44. The summed E-state index contributed by atoms with van der Waals surface area (Å²) in [4.78, 5) is 34.4. The quantitative estimate of drug-likeness (QED) is 0.457. The van der Waals surface area contributed by atoms with Crippen LogP contribution in [0.1, 0.15) is 13.3 Å². The minimum absolute atomic E-state index is 0.0283. The predicted molar refractivity (Wildman–Crippen MR) is 82.4 cm³/mol. The van der Waals surface area contributed by atoms with Crippen LogP contribution < -0.4 is 5.32 Å². The molecule has 1 amide bonds. The highest BCUT2D eigenvalue weighted by Crippen LogP contribution is 2.27. The molecule has 1 aromatic rings. The smallest absolute Gasteiger partial charge is 0.331 e. The number of aliphatic carboxylic acids is 1. The molecule has 124 valence electrons. The molecule has 0 aromatic heterocycles. The maximum Gasteiger partial charge on any atom is 0.331 e. The number of amides is 1. The van der Waals surface area contributed by atoms with E-state index in [1.54, 1.807) is 19.1 Å². The average molecular weight is 340 g/mol. The number of carboxylic acid groups (broad SMARTS) is 1. The Morgan fingerprint density at radius 1 is 1.43 bits per heavy atom. The van der Waals surface area contributed by atoms with E-state index < -0.39 is 27.6 Å². The molecule has 0 bridgehead atoms. The molecule has 1 aliphatic heterocycles. The van der Waals surface area contributed by atoms with Crippen LogP contribution in [0.15, 0.2) is 29.2 Å². The average Bonchev–Trinajstić information content (AvgIpc) is 2.97. The lowest BCUT2D eigenvalue weighted by molar-refractivity contribution is -0.384. The van der Waals surface area contributed by atoms with E-state index in [-0.39, 0.29) is 25.3 Å². The largest absolute Gasteiger partial charge is 0.479 e. The van der Waals surface area contributed by atoms with Crippen molar-refractivity contribution in [3.63, 3.8) is 0 Å². The number of nitrogens with zero attached hydrogens (tertiary/aromatic N) is 1. The highest BCUT2D eigenvalue weighted by atomic mass is 32.2. The fourth-order valence-corrected chi connectivity index (χ4v) is 2.99. The van der Waals surface area contributed by atoms with Gasteiger partial charge in [-0.05, 0) is 19.1 Å². The number of nitro groups is 1. The molecule has 0 aliphatic carbocycles. The van der Waals surface area contributed by atoms with Crippen molar-refractivity contribution >= 4 is 29.3 Å². The van der Waals surface area contributed by atoms with Crippen molar-refractivity contribution in [2.45, 2.75) is 29.0 Å². The second kappa shape index (κ2) is 6.97. The first-order valence-corrected chi connectivity index (χ1v) is 7.76. The molecule has 1 heterocycles. The van der Waals surface area contributed by atoms with E-state index in [2.05, 4.69) is 5.32 Å². The molecule has 2 atom stereocenters. The monoisotopic (exact) mass is 340 g/mol. The van der Waals surface area contributed by atoms with E-state index in [0.717, 1.165) is 0 Å². The van der Waals surface area contributed by atoms with Gasteiger partial charge in [0.1, 0.15) is 0 Å². The Kier molecular flexibility index (Phi) is 5.22. The lowest BCUT2D eigenvalue weighted by Gasteiger charge is -2.25. The van der Waals surface area contributed by atoms with Crippen LogP contribution in [0.25, 0.3) is 0 Å². The molecule has 23 heavy (non-hydrogen) atoms. The maximum atomic E-state index is 12.2. The summed E-state index contributed by atoms with van der Waals surface area (Å²) in [6.45, 7) is 1.88. The first-order chi connectivity index (χ1) is 10.8. The van der Waals surface area contributed by atoms with Gasteiger partial charge in [-0.1, -0.05) is 0 Å². The molecule has 2 N–H and O–H groups in total. The third-order valence-electron chi connectivity index (χ3n) is 3.52. The Hall–Kier alpha value is -2.13. The number of carbonyl (C=O) groups is 2. The van der Waals surface area contributed by atoms with Crippen molar-refractivity contribution in [3.05, 3.63) is 34.4 Å². The first kappa shape index (κ1) is 17.2. The van der Waals surface area contributed by atoms with Gasteiger partial charge in [0.05, 0.1) is 16.8 Å². The molecular weight excluding hydrogens is 324 g/mol. The fourth-order valence-electron chi connectivity index (χ4n) is 2.13. The maximum absolute atomic E-state index is 12.2. The van der Waals surface area contributed by atoms with E-state index in [9.17, 15) is 24.8 Å². The Morgan fingerprint density at radius 3 is 2.57 bits per heavy atom. The molecule has 0 saturated carbocycles. The standard InChI is InChI=1S/C14H16N2O6S/c1-9(23-11-4-2-10(3-5-11)16(20)21)12(17)15-14(13(18)19)6-7-22-8-14/h2-5,9H,6-8H2,1H3,(H,15,17)(H,18,19). The molecule has 1 aromatic carbocycles. The van der Waals surface area contributed by atoms with Gasteiger partial charge in [-0.2, -0.15) is 0 Å². The summed E-state index contributed by atoms with van der Waals surface area (Å²) in [5.74, 6) is -1.53. The Bertz CT molecular complexity index is 612. The third kappa shape index (κ3) is 3.99. The van der Waals surface area contributed by atoms with Crippen LogP contribution in [0.2, 0.25) is 0 Å². The van der Waals surface area contributed by atoms with Gasteiger partial charge in [0, 0.05) is 30.1 Å². The summed E-state index contributed by atoms with van der Waals surface area (Å²) in [6.07, 6.45) is 0.225. The first-order valence-electron chi connectivity index (χ1n) is 6.88. The Morgan fingerprint density at radius 2 is 2.09 bits per heavy atom. The molecular formula is C14H16N2O6S. The van der Waals surface area contributed by atoms with Crippen molar-refractivity contribution in [3.8, 4) is 0 Å². The summed E-state index contributed by atoms with van der Waals surface area (Å²) in [5.41, 5.74) is -1.40. The summed E-state index contributed by atoms with van der Waals surface area (Å²) in [5, 5.41) is 21.9. The van der Waals surface area contributed by atoms with E-state index in [0.29, 0.717) is 4.90 Å². The lowest BCUT2D eigenvalue weighted by atomic mass is 9.99. The molecule has 8 nitrogen and oxygen atoms in total. The molecule has 1 aliphatic rings. The topological polar surface area (TPSA) is 119 Å². The van der Waals surface area contributed by atoms with Gasteiger partial charge in [-0.3, -0.25) is 14.9 Å². The molecule has 2 unspecified atom stereocenters. The number of carboxylic acids is 1. The lowest BCUT2D eigenvalue weighted by Crippen LogP contribution is -2.56. The van der Waals surface area contributed by atoms with Crippen LogP contribution in [-0.4, -0.2) is 45.9 Å². The zero-order valence-corrected chi connectivity index (χ0v) is 13.2. The van der Waals surface area contributed by atoms with Crippen LogP contribution in [-0.2, 0) is 14.3 Å². The van der Waals surface area contributed by atoms with Crippen molar-refractivity contribution in [2.75, 3.05) is 13.2 Å². The van der Waals surface area contributed by atoms with Crippen LogP contribution in [0, 0.1) is 10.1 Å². The number of carbonyl (C=O) groups excluding carboxylic acids is 1. The van der Waals surface area contributed by atoms with Crippen LogP contribution in [0.5, 0.6) is 0 Å². The highest BCUT2D eigenvalue weighted by molar-refractivity contribution is 8.00. The number of rotatable bonds is 6. The van der Waals surface area contributed by atoms with E-state index in [1.165, 1.54) is 23.9 Å². The zero-order valence-electron chi connectivity index (χ0n) is 12.4. The molecule has 1 saturated heterocycles. The summed E-state index contributed by atoms with van der Waals surface area (Å²) < 4.78 is 5.09. The second-order valence-corrected chi connectivity index (χ2v) is 6.60. The summed E-state index contributed by atoms with van der Waals surface area (Å²) in [6, 6.07) is 5.82. The van der Waals surface area contributed by atoms with Crippen LogP contribution in [0.4, 0.5) is 5.69 Å². The molecule has 2 rings (SSSR count). The van der Waals surface area contributed by atoms with Gasteiger partial charge >= 0.3 is 5.97 Å². The molecule has 0 spiro atoms. The second-order valence-electron chi connectivity index (χ2n) is 5.19. The molecule has 1 fully saturated rings. The fraction of sp³-hybridized carbons (Fsp3) is 0.429. The van der Waals surface area contributed by atoms with Gasteiger partial charge in [0.25, 0.3) is 5.69 Å². The van der Waals surface area contributed by atoms with Gasteiger partial charge in [-0.15, -0.1) is 11.8 Å². The number of hydrogen-bond acceptors (Lipinski definition) is 6. The van der Waals surface area contributed by atoms with Crippen molar-refractivity contribution in [2.24, 2.45) is 0 Å². The van der Waals surface area contributed by atoms with Crippen LogP contribution in [0.3, 0.4) is 0 Å². The molecule has 0 radical (unpaired) electrons. The van der Waals surface area contributed by atoms with Gasteiger partial charge in [0.2, 0.25) is 5.91 Å². The van der Waals surface area contributed by atoms with Crippen molar-refractivity contribution in [1.29, 1.82) is 0 Å². The zero-order chi connectivity index (χ0) is 17.0. The number of thioether (sulfide) groups is 1. The Labute approximate surface area is 136 Å². The van der Waals surface area contributed by atoms with Crippen molar-refractivity contribution < 1.29 is 24.4 Å². The number of hydrogen-bond donors (Lipinski definition) is 2. The SMILES string of the molecule is CC(Sc1ccc([N+](=O)[O-])cc1)C(=O)NC1(C(=O)O)CCOC1. The van der Waals surface area contributed by atoms with Gasteiger partial charge < -0.3 is 15.2 Å². The number of ether oxygens (including phenoxy) is 1. The normalized spacial score (nSPS) is 21.6. The van der Waals surface area contributed by atoms with Gasteiger partial charge in [0.15, 0.2) is 5.54 Å². The number of benzene rings is 1.